The number of benzene rings is 3. The molecule has 0 fully saturated rings. The van der Waals surface area contributed by atoms with E-state index in [1.165, 1.54) is 30.1 Å². The van der Waals surface area contributed by atoms with Crippen LogP contribution < -0.4 is 0 Å². The fourth-order valence-corrected chi connectivity index (χ4v) is 3.39. The molecule has 0 N–H and O–H groups in total. The summed E-state index contributed by atoms with van der Waals surface area (Å²) in [6, 6.07) is 12.8. The van der Waals surface area contributed by atoms with Gasteiger partial charge < -0.3 is 9.69 Å². The predicted octanol–water partition coefficient (Wildman–Crippen LogP) is 4.47. The molecule has 1 unspecified atom stereocenters. The molecule has 0 heterocycles. The Hall–Kier alpha value is -3.68. The number of rotatable bonds is 7. The van der Waals surface area contributed by atoms with Gasteiger partial charge >= 0.3 is 0 Å². The molecule has 0 radical (unpaired) electrons. The minimum absolute atomic E-state index is 0.00161. The molecule has 6 nitrogen and oxygen atoms in total. The average Bonchev–Trinajstić information content (AvgIpc) is 2.73. The largest absolute Gasteiger partial charge is 0.341 e. The van der Waals surface area contributed by atoms with Gasteiger partial charge in [-0.2, -0.15) is 0 Å². The van der Waals surface area contributed by atoms with Gasteiger partial charge in [0.1, 0.15) is 6.29 Å². The molecule has 0 aliphatic rings. The summed E-state index contributed by atoms with van der Waals surface area (Å²) in [7, 11) is 1.49. The van der Waals surface area contributed by atoms with Gasteiger partial charge in [0.15, 0.2) is 11.6 Å². The Morgan fingerprint density at radius 2 is 1.87 bits per heavy atom. The maximum absolute atomic E-state index is 13.6. The molecular formula is C22H18F2N2O4. The summed E-state index contributed by atoms with van der Waals surface area (Å²) in [6.07, 6.45) is 0.644. The highest BCUT2D eigenvalue weighted by Crippen LogP contribution is 2.28. The molecule has 1 amide bonds. The van der Waals surface area contributed by atoms with Gasteiger partial charge in [-0.3, -0.25) is 14.9 Å². The van der Waals surface area contributed by atoms with Gasteiger partial charge in [-0.25, -0.2) is 8.78 Å². The van der Waals surface area contributed by atoms with Crippen molar-refractivity contribution in [1.82, 2.24) is 4.90 Å². The molecule has 1 atom stereocenters. The maximum Gasteiger partial charge on any atom is 0.270 e. The molecule has 3 aromatic rings. The summed E-state index contributed by atoms with van der Waals surface area (Å²) >= 11 is 0. The first-order valence-corrected chi connectivity index (χ1v) is 9.13. The first-order valence-electron chi connectivity index (χ1n) is 9.13. The topological polar surface area (TPSA) is 80.5 Å². The Morgan fingerprint density at radius 1 is 1.13 bits per heavy atom. The van der Waals surface area contributed by atoms with Crippen molar-refractivity contribution >= 4 is 28.7 Å². The fraction of sp³-hybridized carbons (Fsp3) is 0.182. The molecule has 0 aromatic heterocycles. The van der Waals surface area contributed by atoms with E-state index in [0.29, 0.717) is 22.6 Å². The Kier molecular flexibility index (Phi) is 6.15. The van der Waals surface area contributed by atoms with Crippen molar-refractivity contribution in [2.75, 3.05) is 13.6 Å². The van der Waals surface area contributed by atoms with Crippen molar-refractivity contribution in [3.8, 4) is 0 Å². The second kappa shape index (κ2) is 8.77. The fourth-order valence-electron chi connectivity index (χ4n) is 3.39. The van der Waals surface area contributed by atoms with Crippen LogP contribution >= 0.6 is 0 Å². The van der Waals surface area contributed by atoms with E-state index in [1.807, 2.05) is 0 Å². The number of aldehydes is 1. The van der Waals surface area contributed by atoms with Crippen molar-refractivity contribution in [2.24, 2.45) is 0 Å². The van der Waals surface area contributed by atoms with E-state index < -0.39 is 28.4 Å². The predicted molar refractivity (Wildman–Crippen MR) is 107 cm³/mol. The van der Waals surface area contributed by atoms with Crippen LogP contribution in [0.1, 0.15) is 28.3 Å². The van der Waals surface area contributed by atoms with Crippen molar-refractivity contribution < 1.29 is 23.3 Å². The molecular weight excluding hydrogens is 394 g/mol. The second-order valence-corrected chi connectivity index (χ2v) is 6.93. The Labute approximate surface area is 170 Å². The molecule has 30 heavy (non-hydrogen) atoms. The van der Waals surface area contributed by atoms with Crippen molar-refractivity contribution in [3.05, 3.63) is 87.5 Å². The lowest BCUT2D eigenvalue weighted by Crippen LogP contribution is -2.31. The normalized spacial score (nSPS) is 11.8. The zero-order chi connectivity index (χ0) is 21.8. The molecule has 8 heteroatoms. The van der Waals surface area contributed by atoms with Crippen LogP contribution in [0.25, 0.3) is 10.8 Å². The van der Waals surface area contributed by atoms with Crippen molar-refractivity contribution in [1.29, 1.82) is 0 Å². The number of likely N-dealkylation sites (N-methyl/N-ethyl adjacent to an activating group) is 1. The summed E-state index contributed by atoms with van der Waals surface area (Å²) in [5.74, 6) is -3.08. The van der Waals surface area contributed by atoms with Crippen LogP contribution in [-0.2, 0) is 4.79 Å². The Bertz CT molecular complexity index is 1130. The number of hydrogen-bond donors (Lipinski definition) is 0. The zero-order valence-corrected chi connectivity index (χ0v) is 16.0. The van der Waals surface area contributed by atoms with E-state index in [0.717, 1.165) is 12.1 Å². The molecule has 0 saturated heterocycles. The van der Waals surface area contributed by atoms with Gasteiger partial charge in [-0.05, 0) is 28.5 Å². The quantitative estimate of drug-likeness (QED) is 0.326. The number of amides is 1. The Morgan fingerprint density at radius 3 is 2.53 bits per heavy atom. The standard InChI is InChI=1S/C22H18F2N2O4/c1-25(13-16(8-9-27)14-6-7-20(23)21(24)11-14)22(28)19-12-17(26(29)30)10-15-4-2-3-5-18(15)19/h2-7,9-12,16H,8,13H2,1H3. The van der Waals surface area contributed by atoms with Crippen LogP contribution in [0.5, 0.6) is 0 Å². The van der Waals surface area contributed by atoms with Gasteiger partial charge in [-0.1, -0.05) is 30.3 Å². The summed E-state index contributed by atoms with van der Waals surface area (Å²) in [5.41, 5.74) is 0.317. The number of nitro benzene ring substituents is 1. The number of nitro groups is 1. The van der Waals surface area contributed by atoms with E-state index in [4.69, 9.17) is 0 Å². The molecule has 0 aliphatic carbocycles. The van der Waals surface area contributed by atoms with Crippen LogP contribution in [0.15, 0.2) is 54.6 Å². The number of non-ortho nitro benzene ring substituents is 1. The minimum Gasteiger partial charge on any atom is -0.341 e. The number of fused-ring (bicyclic) bond motifs is 1. The van der Waals surface area contributed by atoms with Crippen LogP contribution in [-0.4, -0.2) is 35.6 Å². The van der Waals surface area contributed by atoms with Crippen LogP contribution in [0, 0.1) is 21.7 Å². The van der Waals surface area contributed by atoms with E-state index in [-0.39, 0.29) is 24.2 Å². The van der Waals surface area contributed by atoms with Crippen molar-refractivity contribution in [2.45, 2.75) is 12.3 Å². The van der Waals surface area contributed by atoms with E-state index in [2.05, 4.69) is 0 Å². The average molecular weight is 412 g/mol. The van der Waals surface area contributed by atoms with Gasteiger partial charge in [0.05, 0.1) is 10.5 Å². The number of hydrogen-bond acceptors (Lipinski definition) is 4. The lowest BCUT2D eigenvalue weighted by molar-refractivity contribution is -0.384. The van der Waals surface area contributed by atoms with E-state index in [9.17, 15) is 28.5 Å². The second-order valence-electron chi connectivity index (χ2n) is 6.93. The molecule has 154 valence electrons. The number of carbonyl (C=O) groups excluding carboxylic acids is 2. The van der Waals surface area contributed by atoms with Crippen LogP contribution in [0.4, 0.5) is 14.5 Å². The first kappa shape index (κ1) is 21.0. The van der Waals surface area contributed by atoms with Crippen LogP contribution in [0.2, 0.25) is 0 Å². The monoisotopic (exact) mass is 412 g/mol. The highest BCUT2D eigenvalue weighted by atomic mass is 19.2. The first-order chi connectivity index (χ1) is 14.3. The summed E-state index contributed by atoms with van der Waals surface area (Å²) in [4.78, 5) is 36.2. The van der Waals surface area contributed by atoms with E-state index in [1.54, 1.807) is 24.3 Å². The third-order valence-electron chi connectivity index (χ3n) is 4.92. The number of halogens is 2. The molecule has 0 bridgehead atoms. The van der Waals surface area contributed by atoms with Crippen LogP contribution in [0.3, 0.4) is 0 Å². The third kappa shape index (κ3) is 4.32. The van der Waals surface area contributed by atoms with Gasteiger partial charge in [-0.15, -0.1) is 0 Å². The number of carbonyl (C=O) groups is 2. The smallest absolute Gasteiger partial charge is 0.270 e. The van der Waals surface area contributed by atoms with E-state index >= 15 is 0 Å². The minimum atomic E-state index is -1.04. The molecule has 0 aliphatic heterocycles. The summed E-state index contributed by atoms with van der Waals surface area (Å²) in [6.45, 7) is 0.0413. The van der Waals surface area contributed by atoms with Gasteiger partial charge in [0.25, 0.3) is 11.6 Å². The van der Waals surface area contributed by atoms with Gasteiger partial charge in [0.2, 0.25) is 0 Å². The SMILES string of the molecule is CN(CC(CC=O)c1ccc(F)c(F)c1)C(=O)c1cc([N+](=O)[O-])cc2ccccc12. The molecule has 0 spiro atoms. The molecule has 3 rings (SSSR count). The maximum atomic E-state index is 13.6. The molecule has 0 saturated carbocycles. The van der Waals surface area contributed by atoms with Crippen molar-refractivity contribution in [3.63, 3.8) is 0 Å². The highest BCUT2D eigenvalue weighted by molar-refractivity contribution is 6.08. The zero-order valence-electron chi connectivity index (χ0n) is 16.0. The molecule has 3 aromatic carbocycles. The summed E-state index contributed by atoms with van der Waals surface area (Å²) < 4.78 is 26.9. The Balaban J connectivity index is 1.95. The lowest BCUT2D eigenvalue weighted by atomic mass is 9.95. The third-order valence-corrected chi connectivity index (χ3v) is 4.92. The lowest BCUT2D eigenvalue weighted by Gasteiger charge is -2.24. The number of nitrogens with zero attached hydrogens (tertiary/aromatic N) is 2. The summed E-state index contributed by atoms with van der Waals surface area (Å²) in [5, 5.41) is 12.4. The highest BCUT2D eigenvalue weighted by Gasteiger charge is 2.23. The van der Waals surface area contributed by atoms with Gasteiger partial charge in [0, 0.05) is 38.1 Å².